The van der Waals surface area contributed by atoms with Gasteiger partial charge < -0.3 is 4.90 Å². The van der Waals surface area contributed by atoms with Crippen molar-refractivity contribution >= 4 is 21.6 Å². The fraction of sp³-hybridized carbons (Fsp3) is 0.533. The van der Waals surface area contributed by atoms with Gasteiger partial charge in [0.1, 0.15) is 0 Å². The Hall–Kier alpha value is -2.00. The molecule has 2 aliphatic rings. The lowest BCUT2D eigenvalue weighted by molar-refractivity contribution is -0.387. The highest BCUT2D eigenvalue weighted by Crippen LogP contribution is 2.39. The van der Waals surface area contributed by atoms with Gasteiger partial charge in [-0.05, 0) is 18.4 Å². The molecular formula is C15H19N3O5S. The minimum Gasteiger partial charge on any atom is -0.340 e. The van der Waals surface area contributed by atoms with Crippen LogP contribution in [0.5, 0.6) is 0 Å². The maximum Gasteiger partial charge on any atom is 0.289 e. The highest BCUT2D eigenvalue weighted by molar-refractivity contribution is 7.89. The molecule has 9 heteroatoms. The van der Waals surface area contributed by atoms with Crippen LogP contribution in [0, 0.1) is 22.0 Å². The molecule has 0 bridgehead atoms. The number of amides is 1. The van der Waals surface area contributed by atoms with Crippen molar-refractivity contribution in [1.29, 1.82) is 0 Å². The zero-order valence-electron chi connectivity index (χ0n) is 13.3. The molecule has 1 aromatic carbocycles. The molecule has 1 aliphatic carbocycles. The van der Waals surface area contributed by atoms with Crippen molar-refractivity contribution in [2.45, 2.75) is 18.2 Å². The van der Waals surface area contributed by atoms with Gasteiger partial charge in [0.2, 0.25) is 15.9 Å². The molecule has 3 rings (SSSR count). The molecule has 0 N–H and O–H groups in total. The van der Waals surface area contributed by atoms with Crippen LogP contribution in [0.3, 0.4) is 0 Å². The van der Waals surface area contributed by atoms with Gasteiger partial charge in [-0.25, -0.2) is 8.42 Å². The van der Waals surface area contributed by atoms with Crippen molar-refractivity contribution in [1.82, 2.24) is 9.21 Å². The van der Waals surface area contributed by atoms with Gasteiger partial charge in [0.25, 0.3) is 5.69 Å². The molecular weight excluding hydrogens is 334 g/mol. The summed E-state index contributed by atoms with van der Waals surface area (Å²) in [7, 11) is -3.95. The summed E-state index contributed by atoms with van der Waals surface area (Å²) in [4.78, 5) is 24.0. The normalized spacial score (nSPS) is 24.6. The summed E-state index contributed by atoms with van der Waals surface area (Å²) in [5.74, 6) is 0.569. The first-order valence-corrected chi connectivity index (χ1v) is 9.28. The number of rotatable bonds is 4. The monoisotopic (exact) mass is 353 g/mol. The van der Waals surface area contributed by atoms with Crippen molar-refractivity contribution in [2.24, 2.45) is 11.8 Å². The summed E-state index contributed by atoms with van der Waals surface area (Å²) >= 11 is 0. The smallest absolute Gasteiger partial charge is 0.289 e. The van der Waals surface area contributed by atoms with Crippen LogP contribution in [0.4, 0.5) is 5.69 Å². The second-order valence-corrected chi connectivity index (χ2v) is 8.18. The predicted octanol–water partition coefficient (Wildman–Crippen LogP) is 1.08. The fourth-order valence-corrected chi connectivity index (χ4v) is 4.59. The topological polar surface area (TPSA) is 101 Å². The summed E-state index contributed by atoms with van der Waals surface area (Å²) in [5.41, 5.74) is -0.428. The van der Waals surface area contributed by atoms with E-state index in [1.54, 1.807) is 4.90 Å². The molecule has 130 valence electrons. The molecule has 1 saturated carbocycles. The summed E-state index contributed by atoms with van der Waals surface area (Å²) in [6, 6.07) is 5.33. The van der Waals surface area contributed by atoms with Crippen molar-refractivity contribution in [3.8, 4) is 0 Å². The minimum atomic E-state index is -3.95. The predicted molar refractivity (Wildman–Crippen MR) is 85.7 cm³/mol. The van der Waals surface area contributed by atoms with Crippen LogP contribution < -0.4 is 0 Å². The maximum atomic E-state index is 12.7. The lowest BCUT2D eigenvalue weighted by Gasteiger charge is -2.34. The Balaban J connectivity index is 1.74. The first kappa shape index (κ1) is 16.8. The minimum absolute atomic E-state index is 0.0726. The number of piperazine rings is 1. The number of carbonyl (C=O) groups is 1. The van der Waals surface area contributed by atoms with Gasteiger partial charge in [0, 0.05) is 38.2 Å². The molecule has 0 radical (unpaired) electrons. The van der Waals surface area contributed by atoms with Gasteiger partial charge in [-0.1, -0.05) is 19.1 Å². The Morgan fingerprint density at radius 2 is 1.79 bits per heavy atom. The number of carbonyl (C=O) groups excluding carboxylic acids is 1. The first-order chi connectivity index (χ1) is 11.3. The van der Waals surface area contributed by atoms with Crippen LogP contribution >= 0.6 is 0 Å². The molecule has 1 aliphatic heterocycles. The fourth-order valence-electron chi connectivity index (χ4n) is 3.01. The van der Waals surface area contributed by atoms with E-state index < -0.39 is 20.6 Å². The van der Waals surface area contributed by atoms with Gasteiger partial charge in [-0.3, -0.25) is 14.9 Å². The molecule has 2 fully saturated rings. The SMILES string of the molecule is CC1CC1C(=O)N1CCN(S(=O)(=O)c2ccccc2[N+](=O)[O-])CC1. The molecule has 0 aromatic heterocycles. The highest BCUT2D eigenvalue weighted by Gasteiger charge is 2.43. The Labute approximate surface area is 140 Å². The number of hydrogen-bond donors (Lipinski definition) is 0. The summed E-state index contributed by atoms with van der Waals surface area (Å²) < 4.78 is 26.6. The lowest BCUT2D eigenvalue weighted by atomic mass is 10.2. The molecule has 1 amide bonds. The van der Waals surface area contributed by atoms with Crippen LogP contribution in [0.2, 0.25) is 0 Å². The number of sulfonamides is 1. The van der Waals surface area contributed by atoms with E-state index in [0.29, 0.717) is 19.0 Å². The van der Waals surface area contributed by atoms with E-state index in [9.17, 15) is 23.3 Å². The van der Waals surface area contributed by atoms with Gasteiger partial charge >= 0.3 is 0 Å². The third-order valence-corrected chi connectivity index (χ3v) is 6.60. The zero-order chi connectivity index (χ0) is 17.5. The van der Waals surface area contributed by atoms with Crippen molar-refractivity contribution in [3.05, 3.63) is 34.4 Å². The molecule has 1 saturated heterocycles. The molecule has 0 spiro atoms. The Morgan fingerprint density at radius 1 is 1.21 bits per heavy atom. The van der Waals surface area contributed by atoms with Gasteiger partial charge in [-0.2, -0.15) is 4.31 Å². The van der Waals surface area contributed by atoms with Gasteiger partial charge in [0.05, 0.1) is 4.92 Å². The van der Waals surface area contributed by atoms with E-state index in [1.165, 1.54) is 28.6 Å². The number of benzene rings is 1. The molecule has 24 heavy (non-hydrogen) atoms. The van der Waals surface area contributed by atoms with Crippen LogP contribution in [0.15, 0.2) is 29.2 Å². The molecule has 1 aromatic rings. The number of para-hydroxylation sites is 1. The van der Waals surface area contributed by atoms with E-state index in [1.807, 2.05) is 6.92 Å². The largest absolute Gasteiger partial charge is 0.340 e. The van der Waals surface area contributed by atoms with E-state index in [0.717, 1.165) is 6.42 Å². The van der Waals surface area contributed by atoms with E-state index in [4.69, 9.17) is 0 Å². The third kappa shape index (κ3) is 3.01. The Morgan fingerprint density at radius 3 is 2.33 bits per heavy atom. The van der Waals surface area contributed by atoms with E-state index in [2.05, 4.69) is 0 Å². The van der Waals surface area contributed by atoms with Crippen LogP contribution in [-0.4, -0.2) is 54.6 Å². The highest BCUT2D eigenvalue weighted by atomic mass is 32.2. The summed E-state index contributed by atoms with van der Waals surface area (Å²) in [6.07, 6.45) is 0.896. The van der Waals surface area contributed by atoms with Crippen LogP contribution in [-0.2, 0) is 14.8 Å². The summed E-state index contributed by atoms with van der Waals surface area (Å²) in [5, 5.41) is 11.1. The zero-order valence-corrected chi connectivity index (χ0v) is 14.1. The van der Waals surface area contributed by atoms with Crippen molar-refractivity contribution in [3.63, 3.8) is 0 Å². The van der Waals surface area contributed by atoms with Crippen LogP contribution in [0.25, 0.3) is 0 Å². The van der Waals surface area contributed by atoms with Crippen molar-refractivity contribution in [2.75, 3.05) is 26.2 Å². The van der Waals surface area contributed by atoms with E-state index in [-0.39, 0.29) is 29.8 Å². The molecule has 8 nitrogen and oxygen atoms in total. The van der Waals surface area contributed by atoms with Crippen molar-refractivity contribution < 1.29 is 18.1 Å². The Bertz CT molecular complexity index is 771. The second-order valence-electron chi connectivity index (χ2n) is 6.27. The van der Waals surface area contributed by atoms with Gasteiger partial charge in [-0.15, -0.1) is 0 Å². The lowest BCUT2D eigenvalue weighted by Crippen LogP contribution is -2.51. The number of nitrogens with zero attached hydrogens (tertiary/aromatic N) is 3. The molecule has 2 unspecified atom stereocenters. The molecule has 2 atom stereocenters. The Kier molecular flexibility index (Phi) is 4.31. The number of nitro groups is 1. The standard InChI is InChI=1S/C15H19N3O5S/c1-11-10-12(11)15(19)16-6-8-17(9-7-16)24(22,23)14-5-3-2-4-13(14)18(20)21/h2-5,11-12H,6-10H2,1H3. The molecule has 1 heterocycles. The quantitative estimate of drug-likeness (QED) is 0.595. The number of nitro benzene ring substituents is 1. The first-order valence-electron chi connectivity index (χ1n) is 7.84. The second kappa shape index (κ2) is 6.14. The van der Waals surface area contributed by atoms with Crippen LogP contribution in [0.1, 0.15) is 13.3 Å². The third-order valence-electron chi connectivity index (χ3n) is 4.66. The summed E-state index contributed by atoms with van der Waals surface area (Å²) in [6.45, 7) is 2.98. The maximum absolute atomic E-state index is 12.7. The number of hydrogen-bond acceptors (Lipinski definition) is 5. The average molecular weight is 353 g/mol. The van der Waals surface area contributed by atoms with Gasteiger partial charge in [0.15, 0.2) is 4.90 Å². The average Bonchev–Trinajstić information content (AvgIpc) is 3.31. The van der Waals surface area contributed by atoms with E-state index >= 15 is 0 Å².